The molecule has 0 atom stereocenters. The van der Waals surface area contributed by atoms with Crippen molar-refractivity contribution < 1.29 is 14.3 Å². The molecule has 0 aliphatic rings. The van der Waals surface area contributed by atoms with Crippen LogP contribution in [0.1, 0.15) is 18.3 Å². The standard InChI is InChI=1S/C22H25N3O3S/c1-5-28-19-12-11-17(13-20(19)27-4)23-21(26)14-29-22-15(2)24-25(16(22)3)18-9-7-6-8-10-18/h6-13H,5,14H2,1-4H3,(H,23,26). The first kappa shape index (κ1) is 20.8. The number of carbonyl (C=O) groups excluding carboxylic acids is 1. The Morgan fingerprint density at radius 2 is 1.90 bits per heavy atom. The van der Waals surface area contributed by atoms with Crippen LogP contribution in [0, 0.1) is 13.8 Å². The van der Waals surface area contributed by atoms with Crippen molar-refractivity contribution in [1.82, 2.24) is 9.78 Å². The molecule has 1 N–H and O–H groups in total. The molecular formula is C22H25N3O3S. The summed E-state index contributed by atoms with van der Waals surface area (Å²) in [6.07, 6.45) is 0. The number of benzene rings is 2. The highest BCUT2D eigenvalue weighted by Gasteiger charge is 2.15. The van der Waals surface area contributed by atoms with Gasteiger partial charge in [-0.05, 0) is 45.0 Å². The van der Waals surface area contributed by atoms with E-state index in [0.29, 0.717) is 23.8 Å². The highest BCUT2D eigenvalue weighted by atomic mass is 32.2. The van der Waals surface area contributed by atoms with Crippen LogP contribution >= 0.6 is 11.8 Å². The molecular weight excluding hydrogens is 386 g/mol. The summed E-state index contributed by atoms with van der Waals surface area (Å²) in [6.45, 7) is 6.44. The Kier molecular flexibility index (Phi) is 6.82. The Morgan fingerprint density at radius 3 is 2.59 bits per heavy atom. The molecule has 0 spiro atoms. The minimum atomic E-state index is -0.0903. The molecule has 6 nitrogen and oxygen atoms in total. The number of aryl methyl sites for hydroxylation is 1. The lowest BCUT2D eigenvalue weighted by atomic mass is 10.2. The van der Waals surface area contributed by atoms with Crippen molar-refractivity contribution >= 4 is 23.4 Å². The zero-order chi connectivity index (χ0) is 20.8. The smallest absolute Gasteiger partial charge is 0.234 e. The second kappa shape index (κ2) is 9.52. The van der Waals surface area contributed by atoms with Crippen molar-refractivity contribution in [2.75, 3.05) is 24.8 Å². The second-order valence-corrected chi connectivity index (χ2v) is 7.37. The average Bonchev–Trinajstić information content (AvgIpc) is 3.02. The van der Waals surface area contributed by atoms with E-state index < -0.39 is 0 Å². The van der Waals surface area contributed by atoms with Crippen LogP contribution in [-0.2, 0) is 4.79 Å². The molecule has 0 saturated carbocycles. The third-order valence-electron chi connectivity index (χ3n) is 4.32. The number of anilines is 1. The number of rotatable bonds is 8. The van der Waals surface area contributed by atoms with E-state index in [1.54, 1.807) is 25.3 Å². The van der Waals surface area contributed by atoms with Crippen LogP contribution in [0.15, 0.2) is 53.4 Å². The SMILES string of the molecule is CCOc1ccc(NC(=O)CSc2c(C)nn(-c3ccccc3)c2C)cc1OC. The summed E-state index contributed by atoms with van der Waals surface area (Å²) >= 11 is 1.49. The summed E-state index contributed by atoms with van der Waals surface area (Å²) < 4.78 is 12.7. The van der Waals surface area contributed by atoms with Gasteiger partial charge >= 0.3 is 0 Å². The number of para-hydroxylation sites is 1. The van der Waals surface area contributed by atoms with Crippen molar-refractivity contribution in [2.45, 2.75) is 25.7 Å². The van der Waals surface area contributed by atoms with Crippen molar-refractivity contribution in [3.63, 3.8) is 0 Å². The molecule has 152 valence electrons. The molecule has 3 rings (SSSR count). The molecule has 0 fully saturated rings. The minimum absolute atomic E-state index is 0.0903. The molecule has 1 aromatic heterocycles. The number of nitrogens with zero attached hydrogens (tertiary/aromatic N) is 2. The third kappa shape index (κ3) is 4.92. The number of hydrogen-bond acceptors (Lipinski definition) is 5. The van der Waals surface area contributed by atoms with Crippen LogP contribution in [0.2, 0.25) is 0 Å². The number of thioether (sulfide) groups is 1. The number of carbonyl (C=O) groups is 1. The Balaban J connectivity index is 1.66. The fourth-order valence-electron chi connectivity index (χ4n) is 3.01. The van der Waals surface area contributed by atoms with E-state index >= 15 is 0 Å². The van der Waals surface area contributed by atoms with E-state index in [0.717, 1.165) is 22.0 Å². The quantitative estimate of drug-likeness (QED) is 0.548. The molecule has 0 radical (unpaired) electrons. The average molecular weight is 412 g/mol. The van der Waals surface area contributed by atoms with E-state index in [-0.39, 0.29) is 11.7 Å². The summed E-state index contributed by atoms with van der Waals surface area (Å²) in [7, 11) is 1.58. The summed E-state index contributed by atoms with van der Waals surface area (Å²) in [4.78, 5) is 13.5. The van der Waals surface area contributed by atoms with Gasteiger partial charge in [0.05, 0.1) is 41.4 Å². The maximum Gasteiger partial charge on any atom is 0.234 e. The maximum absolute atomic E-state index is 12.5. The Bertz CT molecular complexity index is 986. The highest BCUT2D eigenvalue weighted by Crippen LogP contribution is 2.31. The first-order valence-electron chi connectivity index (χ1n) is 9.38. The van der Waals surface area contributed by atoms with Crippen LogP contribution in [0.4, 0.5) is 5.69 Å². The predicted molar refractivity (Wildman–Crippen MR) is 117 cm³/mol. The van der Waals surface area contributed by atoms with Crippen LogP contribution in [0.25, 0.3) is 5.69 Å². The van der Waals surface area contributed by atoms with Crippen molar-refractivity contribution in [2.24, 2.45) is 0 Å². The van der Waals surface area contributed by atoms with Gasteiger partial charge in [0.2, 0.25) is 5.91 Å². The molecule has 0 bridgehead atoms. The van der Waals surface area contributed by atoms with Crippen LogP contribution in [0.3, 0.4) is 0 Å². The normalized spacial score (nSPS) is 10.6. The fraction of sp³-hybridized carbons (Fsp3) is 0.273. The molecule has 0 aliphatic heterocycles. The number of hydrogen-bond donors (Lipinski definition) is 1. The third-order valence-corrected chi connectivity index (χ3v) is 5.61. The topological polar surface area (TPSA) is 65.4 Å². The van der Waals surface area contributed by atoms with Crippen LogP contribution in [-0.4, -0.2) is 35.2 Å². The van der Waals surface area contributed by atoms with E-state index in [9.17, 15) is 4.79 Å². The van der Waals surface area contributed by atoms with Gasteiger partial charge in [-0.3, -0.25) is 4.79 Å². The number of aromatic nitrogens is 2. The number of ether oxygens (including phenoxy) is 2. The molecule has 0 saturated heterocycles. The largest absolute Gasteiger partial charge is 0.493 e. The fourth-order valence-corrected chi connectivity index (χ4v) is 3.91. The van der Waals surface area contributed by atoms with Crippen LogP contribution in [0.5, 0.6) is 11.5 Å². The van der Waals surface area contributed by atoms with Gasteiger partial charge in [0, 0.05) is 11.8 Å². The number of methoxy groups -OCH3 is 1. The van der Waals surface area contributed by atoms with E-state index in [2.05, 4.69) is 10.4 Å². The van der Waals surface area contributed by atoms with Crippen LogP contribution < -0.4 is 14.8 Å². The Hall–Kier alpha value is -2.93. The van der Waals surface area contributed by atoms with Gasteiger partial charge in [-0.25, -0.2) is 4.68 Å². The van der Waals surface area contributed by atoms with E-state index in [4.69, 9.17) is 9.47 Å². The molecule has 1 heterocycles. The number of amides is 1. The molecule has 3 aromatic rings. The lowest BCUT2D eigenvalue weighted by Gasteiger charge is -2.11. The Labute approximate surface area is 175 Å². The molecule has 1 amide bonds. The molecule has 29 heavy (non-hydrogen) atoms. The summed E-state index contributed by atoms with van der Waals surface area (Å²) in [5.74, 6) is 1.44. The summed E-state index contributed by atoms with van der Waals surface area (Å²) in [5.41, 5.74) is 3.61. The first-order valence-corrected chi connectivity index (χ1v) is 10.4. The van der Waals surface area contributed by atoms with E-state index in [1.807, 2.05) is 55.8 Å². The van der Waals surface area contributed by atoms with Crippen molar-refractivity contribution in [3.8, 4) is 17.2 Å². The first-order chi connectivity index (χ1) is 14.0. The maximum atomic E-state index is 12.5. The van der Waals surface area contributed by atoms with Gasteiger partial charge in [-0.2, -0.15) is 5.10 Å². The van der Waals surface area contributed by atoms with Gasteiger partial charge in [0.1, 0.15) is 0 Å². The number of nitrogens with one attached hydrogen (secondary N) is 1. The van der Waals surface area contributed by atoms with Crippen molar-refractivity contribution in [3.05, 3.63) is 59.9 Å². The van der Waals surface area contributed by atoms with E-state index in [1.165, 1.54) is 11.8 Å². The predicted octanol–water partition coefficient (Wildman–Crippen LogP) is 4.63. The molecule has 7 heteroatoms. The van der Waals surface area contributed by atoms with Gasteiger partial charge < -0.3 is 14.8 Å². The van der Waals surface area contributed by atoms with Gasteiger partial charge in [0.25, 0.3) is 0 Å². The zero-order valence-electron chi connectivity index (χ0n) is 17.1. The second-order valence-electron chi connectivity index (χ2n) is 6.38. The van der Waals surface area contributed by atoms with Gasteiger partial charge in [-0.15, -0.1) is 11.8 Å². The molecule has 0 aliphatic carbocycles. The molecule has 0 unspecified atom stereocenters. The summed E-state index contributed by atoms with van der Waals surface area (Å²) in [6, 6.07) is 15.3. The lowest BCUT2D eigenvalue weighted by Crippen LogP contribution is -2.14. The van der Waals surface area contributed by atoms with Gasteiger partial charge in [-0.1, -0.05) is 18.2 Å². The highest BCUT2D eigenvalue weighted by molar-refractivity contribution is 8.00. The zero-order valence-corrected chi connectivity index (χ0v) is 17.9. The monoisotopic (exact) mass is 411 g/mol. The van der Waals surface area contributed by atoms with Gasteiger partial charge in [0.15, 0.2) is 11.5 Å². The lowest BCUT2D eigenvalue weighted by molar-refractivity contribution is -0.113. The Morgan fingerprint density at radius 1 is 1.14 bits per heavy atom. The summed E-state index contributed by atoms with van der Waals surface area (Å²) in [5, 5.41) is 7.54. The molecule has 2 aromatic carbocycles. The minimum Gasteiger partial charge on any atom is -0.493 e. The van der Waals surface area contributed by atoms with Crippen molar-refractivity contribution in [1.29, 1.82) is 0 Å².